The highest BCUT2D eigenvalue weighted by Gasteiger charge is 2.27. The SMILES string of the molecule is CCOC(=O)C(NCC1CCCO1)c1cccc(F)c1F. The van der Waals surface area contributed by atoms with Crippen LogP contribution in [-0.2, 0) is 14.3 Å². The number of halogens is 2. The van der Waals surface area contributed by atoms with Gasteiger partial charge in [-0.15, -0.1) is 0 Å². The minimum atomic E-state index is -1.04. The molecule has 1 fully saturated rings. The van der Waals surface area contributed by atoms with Gasteiger partial charge >= 0.3 is 5.97 Å². The van der Waals surface area contributed by atoms with E-state index in [0.717, 1.165) is 18.9 Å². The molecule has 1 aromatic rings. The van der Waals surface area contributed by atoms with Gasteiger partial charge in [0.15, 0.2) is 11.6 Å². The van der Waals surface area contributed by atoms with Gasteiger partial charge in [0.1, 0.15) is 6.04 Å². The Labute approximate surface area is 122 Å². The highest BCUT2D eigenvalue weighted by Crippen LogP contribution is 2.21. The molecule has 4 nitrogen and oxygen atoms in total. The van der Waals surface area contributed by atoms with E-state index in [4.69, 9.17) is 9.47 Å². The van der Waals surface area contributed by atoms with Gasteiger partial charge in [0.05, 0.1) is 12.7 Å². The maximum Gasteiger partial charge on any atom is 0.327 e. The molecule has 2 unspecified atom stereocenters. The summed E-state index contributed by atoms with van der Waals surface area (Å²) in [6.07, 6.45) is 1.83. The van der Waals surface area contributed by atoms with Crippen molar-refractivity contribution in [1.29, 1.82) is 0 Å². The van der Waals surface area contributed by atoms with Gasteiger partial charge in [-0.25, -0.2) is 13.6 Å². The van der Waals surface area contributed by atoms with Crippen LogP contribution in [0.15, 0.2) is 18.2 Å². The van der Waals surface area contributed by atoms with E-state index in [2.05, 4.69) is 5.32 Å². The Kier molecular flexibility index (Phi) is 5.64. The van der Waals surface area contributed by atoms with Gasteiger partial charge in [0.2, 0.25) is 0 Å². The molecule has 1 aliphatic rings. The Morgan fingerprint density at radius 3 is 3.00 bits per heavy atom. The number of carbonyl (C=O) groups is 1. The summed E-state index contributed by atoms with van der Waals surface area (Å²) >= 11 is 0. The second kappa shape index (κ2) is 7.47. The number of nitrogens with one attached hydrogen (secondary N) is 1. The predicted octanol–water partition coefficient (Wildman–Crippen LogP) is 2.34. The molecule has 0 aliphatic carbocycles. The summed E-state index contributed by atoms with van der Waals surface area (Å²) < 4.78 is 37.6. The van der Waals surface area contributed by atoms with Gasteiger partial charge in [-0.3, -0.25) is 5.32 Å². The Balaban J connectivity index is 2.14. The molecule has 1 N–H and O–H groups in total. The standard InChI is InChI=1S/C15H19F2NO3/c1-2-20-15(19)14(18-9-10-5-4-8-21-10)11-6-3-7-12(16)13(11)17/h3,6-7,10,14,18H,2,4-5,8-9H2,1H3. The average Bonchev–Trinajstić information content (AvgIpc) is 2.97. The zero-order valence-electron chi connectivity index (χ0n) is 11.9. The van der Waals surface area contributed by atoms with Crippen molar-refractivity contribution in [2.45, 2.75) is 31.9 Å². The second-order valence-electron chi connectivity index (χ2n) is 4.87. The van der Waals surface area contributed by atoms with E-state index in [9.17, 15) is 13.6 Å². The van der Waals surface area contributed by atoms with Crippen molar-refractivity contribution in [2.24, 2.45) is 0 Å². The number of esters is 1. The van der Waals surface area contributed by atoms with Crippen molar-refractivity contribution in [3.8, 4) is 0 Å². The smallest absolute Gasteiger partial charge is 0.327 e. The minimum absolute atomic E-state index is 0.0152. The first-order valence-corrected chi connectivity index (χ1v) is 7.09. The highest BCUT2D eigenvalue weighted by molar-refractivity contribution is 5.77. The summed E-state index contributed by atoms with van der Waals surface area (Å²) in [5, 5.41) is 2.92. The van der Waals surface area contributed by atoms with Crippen LogP contribution in [0.4, 0.5) is 8.78 Å². The quantitative estimate of drug-likeness (QED) is 0.819. The van der Waals surface area contributed by atoms with Gasteiger partial charge < -0.3 is 9.47 Å². The van der Waals surface area contributed by atoms with Crippen LogP contribution in [0.1, 0.15) is 31.4 Å². The second-order valence-corrected chi connectivity index (χ2v) is 4.87. The normalized spacial score (nSPS) is 19.5. The maximum absolute atomic E-state index is 13.9. The fraction of sp³-hybridized carbons (Fsp3) is 0.533. The van der Waals surface area contributed by atoms with E-state index >= 15 is 0 Å². The van der Waals surface area contributed by atoms with E-state index in [1.54, 1.807) is 6.92 Å². The molecule has 0 amide bonds. The van der Waals surface area contributed by atoms with Crippen LogP contribution in [0.3, 0.4) is 0 Å². The fourth-order valence-corrected chi connectivity index (χ4v) is 2.34. The molecule has 1 heterocycles. The molecule has 0 radical (unpaired) electrons. The third-order valence-corrected chi connectivity index (χ3v) is 3.39. The van der Waals surface area contributed by atoms with E-state index in [-0.39, 0.29) is 18.3 Å². The largest absolute Gasteiger partial charge is 0.465 e. The summed E-state index contributed by atoms with van der Waals surface area (Å²) in [6.45, 7) is 2.91. The summed E-state index contributed by atoms with van der Waals surface area (Å²) in [6, 6.07) is 2.72. The molecule has 116 valence electrons. The molecule has 0 saturated carbocycles. The van der Waals surface area contributed by atoms with E-state index in [1.165, 1.54) is 12.1 Å². The Morgan fingerprint density at radius 1 is 1.52 bits per heavy atom. The van der Waals surface area contributed by atoms with Gasteiger partial charge in [0.25, 0.3) is 0 Å². The van der Waals surface area contributed by atoms with Crippen molar-refractivity contribution in [3.63, 3.8) is 0 Å². The molecule has 1 saturated heterocycles. The average molecular weight is 299 g/mol. The van der Waals surface area contributed by atoms with Crippen molar-refractivity contribution >= 4 is 5.97 Å². The lowest BCUT2D eigenvalue weighted by molar-refractivity contribution is -0.146. The molecule has 0 bridgehead atoms. The molecule has 6 heteroatoms. The van der Waals surface area contributed by atoms with Gasteiger partial charge in [-0.2, -0.15) is 0 Å². The van der Waals surface area contributed by atoms with Gasteiger partial charge in [-0.05, 0) is 25.8 Å². The monoisotopic (exact) mass is 299 g/mol. The molecule has 2 atom stereocenters. The molecule has 0 spiro atoms. The molecular weight excluding hydrogens is 280 g/mol. The molecule has 0 aromatic heterocycles. The van der Waals surface area contributed by atoms with Gasteiger partial charge in [-0.1, -0.05) is 12.1 Å². The molecular formula is C15H19F2NO3. The lowest BCUT2D eigenvalue weighted by Gasteiger charge is -2.20. The number of ether oxygens (including phenoxy) is 2. The number of rotatable bonds is 6. The lowest BCUT2D eigenvalue weighted by atomic mass is 10.1. The van der Waals surface area contributed by atoms with Crippen molar-refractivity contribution in [1.82, 2.24) is 5.32 Å². The number of carbonyl (C=O) groups excluding carboxylic acids is 1. The first-order valence-electron chi connectivity index (χ1n) is 7.09. The maximum atomic E-state index is 13.9. The molecule has 21 heavy (non-hydrogen) atoms. The summed E-state index contributed by atoms with van der Waals surface area (Å²) in [4.78, 5) is 12.0. The Bertz CT molecular complexity index is 490. The van der Waals surface area contributed by atoms with Crippen LogP contribution >= 0.6 is 0 Å². The first kappa shape index (κ1) is 15.9. The zero-order chi connectivity index (χ0) is 15.2. The van der Waals surface area contributed by atoms with Crippen molar-refractivity contribution in [2.75, 3.05) is 19.8 Å². The zero-order valence-corrected chi connectivity index (χ0v) is 11.9. The summed E-state index contributed by atoms with van der Waals surface area (Å²) in [7, 11) is 0. The van der Waals surface area contributed by atoms with Crippen molar-refractivity contribution < 1.29 is 23.0 Å². The third-order valence-electron chi connectivity index (χ3n) is 3.39. The highest BCUT2D eigenvalue weighted by atomic mass is 19.2. The van der Waals surface area contributed by atoms with Crippen LogP contribution in [0.25, 0.3) is 0 Å². The van der Waals surface area contributed by atoms with Crippen LogP contribution in [0, 0.1) is 11.6 Å². The van der Waals surface area contributed by atoms with Crippen LogP contribution < -0.4 is 5.32 Å². The topological polar surface area (TPSA) is 47.6 Å². The third kappa shape index (κ3) is 3.98. The van der Waals surface area contributed by atoms with E-state index < -0.39 is 23.6 Å². The molecule has 1 aliphatic heterocycles. The summed E-state index contributed by atoms with van der Waals surface area (Å²) in [5.41, 5.74) is -0.0496. The Hall–Kier alpha value is -1.53. The number of hydrogen-bond donors (Lipinski definition) is 1. The number of hydrogen-bond acceptors (Lipinski definition) is 4. The van der Waals surface area contributed by atoms with Crippen molar-refractivity contribution in [3.05, 3.63) is 35.4 Å². The molecule has 1 aromatic carbocycles. The number of benzene rings is 1. The van der Waals surface area contributed by atoms with Gasteiger partial charge in [0, 0.05) is 18.7 Å². The predicted molar refractivity (Wildman–Crippen MR) is 72.7 cm³/mol. The van der Waals surface area contributed by atoms with E-state index in [1.807, 2.05) is 0 Å². The Morgan fingerprint density at radius 2 is 2.33 bits per heavy atom. The van der Waals surface area contributed by atoms with Crippen LogP contribution in [-0.4, -0.2) is 31.8 Å². The van der Waals surface area contributed by atoms with Crippen LogP contribution in [0.2, 0.25) is 0 Å². The van der Waals surface area contributed by atoms with E-state index in [0.29, 0.717) is 13.2 Å². The first-order chi connectivity index (χ1) is 10.1. The van der Waals surface area contributed by atoms with Crippen LogP contribution in [0.5, 0.6) is 0 Å². The fourth-order valence-electron chi connectivity index (χ4n) is 2.34. The summed E-state index contributed by atoms with van der Waals surface area (Å²) in [5.74, 6) is -2.64. The minimum Gasteiger partial charge on any atom is -0.465 e. The lowest BCUT2D eigenvalue weighted by Crippen LogP contribution is -2.36. The molecule has 2 rings (SSSR count).